The van der Waals surface area contributed by atoms with E-state index in [1.165, 1.54) is 0 Å². The van der Waals surface area contributed by atoms with Crippen LogP contribution in [0.3, 0.4) is 0 Å². The molecular weight excluding hydrogens is 270 g/mol. The van der Waals surface area contributed by atoms with Gasteiger partial charge in [-0.1, -0.05) is 12.1 Å². The van der Waals surface area contributed by atoms with Crippen LogP contribution < -0.4 is 4.74 Å². The Morgan fingerprint density at radius 3 is 2.38 bits per heavy atom. The Morgan fingerprint density at radius 2 is 1.81 bits per heavy atom. The van der Waals surface area contributed by atoms with Crippen molar-refractivity contribution in [3.8, 4) is 5.75 Å². The molecule has 0 radical (unpaired) electrons. The van der Waals surface area contributed by atoms with Crippen LogP contribution in [-0.2, 0) is 9.47 Å². The van der Waals surface area contributed by atoms with Gasteiger partial charge in [-0.2, -0.15) is 0 Å². The van der Waals surface area contributed by atoms with E-state index in [2.05, 4.69) is 4.90 Å². The van der Waals surface area contributed by atoms with Crippen LogP contribution in [0, 0.1) is 0 Å². The molecule has 2 aliphatic rings. The lowest BCUT2D eigenvalue weighted by Gasteiger charge is -2.38. The predicted molar refractivity (Wildman–Crippen MR) is 78.3 cm³/mol. The lowest BCUT2D eigenvalue weighted by atomic mass is 10.0. The molecule has 0 aliphatic carbocycles. The third-order valence-electron chi connectivity index (χ3n) is 4.36. The second-order valence-corrected chi connectivity index (χ2v) is 5.70. The SMILES string of the molecule is COc1ccc(C(O)CN2CCC3(CC2)OCCO3)cc1. The standard InChI is InChI=1S/C16H23NO4/c1-19-14-4-2-13(3-5-14)15(18)12-17-8-6-16(7-9-17)20-10-11-21-16/h2-5,15,18H,6-12H2,1H3. The lowest BCUT2D eigenvalue weighted by molar-refractivity contribution is -0.186. The molecule has 3 rings (SSSR count). The number of ether oxygens (including phenoxy) is 3. The molecule has 2 heterocycles. The van der Waals surface area contributed by atoms with Crippen molar-refractivity contribution in [2.24, 2.45) is 0 Å². The van der Waals surface area contributed by atoms with Gasteiger partial charge in [-0.15, -0.1) is 0 Å². The highest BCUT2D eigenvalue weighted by Gasteiger charge is 2.39. The second-order valence-electron chi connectivity index (χ2n) is 5.70. The van der Waals surface area contributed by atoms with E-state index >= 15 is 0 Å². The van der Waals surface area contributed by atoms with Gasteiger partial charge in [-0.05, 0) is 17.7 Å². The van der Waals surface area contributed by atoms with Gasteiger partial charge in [-0.25, -0.2) is 0 Å². The molecule has 5 nitrogen and oxygen atoms in total. The number of methoxy groups -OCH3 is 1. The van der Waals surface area contributed by atoms with E-state index in [9.17, 15) is 5.11 Å². The lowest BCUT2D eigenvalue weighted by Crippen LogP contribution is -2.46. The van der Waals surface area contributed by atoms with Gasteiger partial charge in [0.25, 0.3) is 0 Å². The molecule has 1 spiro atoms. The topological polar surface area (TPSA) is 51.2 Å². The van der Waals surface area contributed by atoms with Gasteiger partial charge in [0, 0.05) is 32.5 Å². The summed E-state index contributed by atoms with van der Waals surface area (Å²) in [6.07, 6.45) is 1.28. The summed E-state index contributed by atoms with van der Waals surface area (Å²) in [6, 6.07) is 7.59. The minimum Gasteiger partial charge on any atom is -0.497 e. The van der Waals surface area contributed by atoms with Crippen molar-refractivity contribution in [3.05, 3.63) is 29.8 Å². The molecule has 2 fully saturated rings. The minimum absolute atomic E-state index is 0.346. The highest BCUT2D eigenvalue weighted by atomic mass is 16.7. The predicted octanol–water partition coefficient (Wildman–Crippen LogP) is 1.57. The minimum atomic E-state index is -0.477. The molecule has 2 saturated heterocycles. The fourth-order valence-electron chi connectivity index (χ4n) is 3.04. The van der Waals surface area contributed by atoms with E-state index < -0.39 is 6.10 Å². The Bertz CT molecular complexity index is 446. The fraction of sp³-hybridized carbons (Fsp3) is 0.625. The summed E-state index contributed by atoms with van der Waals surface area (Å²) in [5.74, 6) is 0.461. The number of piperidine rings is 1. The van der Waals surface area contributed by atoms with Crippen LogP contribution in [-0.4, -0.2) is 55.8 Å². The van der Waals surface area contributed by atoms with Crippen LogP contribution in [0.4, 0.5) is 0 Å². The molecule has 0 amide bonds. The average molecular weight is 293 g/mol. The van der Waals surface area contributed by atoms with Crippen LogP contribution in [0.2, 0.25) is 0 Å². The third-order valence-corrected chi connectivity index (χ3v) is 4.36. The molecule has 1 atom stereocenters. The largest absolute Gasteiger partial charge is 0.497 e. The van der Waals surface area contributed by atoms with Crippen LogP contribution >= 0.6 is 0 Å². The highest BCUT2D eigenvalue weighted by molar-refractivity contribution is 5.28. The van der Waals surface area contributed by atoms with Gasteiger partial charge in [-0.3, -0.25) is 0 Å². The monoisotopic (exact) mass is 293 g/mol. The van der Waals surface area contributed by atoms with Crippen LogP contribution in [0.1, 0.15) is 24.5 Å². The molecular formula is C16H23NO4. The number of nitrogens with zero attached hydrogens (tertiary/aromatic N) is 1. The zero-order valence-corrected chi connectivity index (χ0v) is 12.5. The number of hydrogen-bond donors (Lipinski definition) is 1. The number of hydrogen-bond acceptors (Lipinski definition) is 5. The summed E-state index contributed by atoms with van der Waals surface area (Å²) < 4.78 is 16.6. The Morgan fingerprint density at radius 1 is 1.19 bits per heavy atom. The normalized spacial score (nSPS) is 23.3. The van der Waals surface area contributed by atoms with E-state index in [0.717, 1.165) is 37.2 Å². The maximum Gasteiger partial charge on any atom is 0.170 e. The Kier molecular flexibility index (Phi) is 4.45. The van der Waals surface area contributed by atoms with Gasteiger partial charge in [0.05, 0.1) is 26.4 Å². The van der Waals surface area contributed by atoms with Gasteiger partial charge in [0.1, 0.15) is 5.75 Å². The Labute approximate surface area is 125 Å². The fourth-order valence-corrected chi connectivity index (χ4v) is 3.04. The molecule has 1 aromatic carbocycles. The summed E-state index contributed by atoms with van der Waals surface area (Å²) in [4.78, 5) is 2.27. The summed E-state index contributed by atoms with van der Waals surface area (Å²) in [7, 11) is 1.64. The summed E-state index contributed by atoms with van der Waals surface area (Å²) in [6.45, 7) is 3.84. The number of aliphatic hydroxyl groups is 1. The number of benzene rings is 1. The number of β-amino-alcohol motifs (C(OH)–C–C–N with tert-alkyl or cyclic N) is 1. The molecule has 5 heteroatoms. The van der Waals surface area contributed by atoms with Crippen molar-refractivity contribution >= 4 is 0 Å². The van der Waals surface area contributed by atoms with Crippen LogP contribution in [0.5, 0.6) is 5.75 Å². The Hall–Kier alpha value is -1.14. The number of rotatable bonds is 4. The van der Waals surface area contributed by atoms with E-state index in [1.807, 2.05) is 24.3 Å². The average Bonchev–Trinajstić information content (AvgIpc) is 2.98. The molecule has 0 bridgehead atoms. The quantitative estimate of drug-likeness (QED) is 0.913. The van der Waals surface area contributed by atoms with Gasteiger partial charge in [0.2, 0.25) is 0 Å². The summed E-state index contributed by atoms with van der Waals surface area (Å²) >= 11 is 0. The second kappa shape index (κ2) is 6.32. The van der Waals surface area contributed by atoms with Crippen LogP contribution in [0.25, 0.3) is 0 Å². The zero-order valence-electron chi connectivity index (χ0n) is 12.5. The first-order chi connectivity index (χ1) is 10.2. The van der Waals surface area contributed by atoms with Crippen molar-refractivity contribution < 1.29 is 19.3 Å². The van der Waals surface area contributed by atoms with Gasteiger partial charge >= 0.3 is 0 Å². The maximum atomic E-state index is 10.3. The van der Waals surface area contributed by atoms with Crippen molar-refractivity contribution in [2.75, 3.05) is 40.0 Å². The first kappa shape index (κ1) is 14.8. The summed E-state index contributed by atoms with van der Waals surface area (Å²) in [5.41, 5.74) is 0.921. The van der Waals surface area contributed by atoms with E-state index in [4.69, 9.17) is 14.2 Å². The van der Waals surface area contributed by atoms with Crippen molar-refractivity contribution in [2.45, 2.75) is 24.7 Å². The van der Waals surface area contributed by atoms with Gasteiger partial charge < -0.3 is 24.2 Å². The molecule has 116 valence electrons. The maximum absolute atomic E-state index is 10.3. The van der Waals surface area contributed by atoms with Crippen molar-refractivity contribution in [1.82, 2.24) is 4.90 Å². The van der Waals surface area contributed by atoms with Crippen molar-refractivity contribution in [3.63, 3.8) is 0 Å². The first-order valence-electron chi connectivity index (χ1n) is 7.53. The van der Waals surface area contributed by atoms with Crippen molar-refractivity contribution in [1.29, 1.82) is 0 Å². The molecule has 1 N–H and O–H groups in total. The Balaban J connectivity index is 1.52. The molecule has 0 aromatic heterocycles. The van der Waals surface area contributed by atoms with Gasteiger partial charge in [0.15, 0.2) is 5.79 Å². The first-order valence-corrected chi connectivity index (χ1v) is 7.53. The molecule has 2 aliphatic heterocycles. The van der Waals surface area contributed by atoms with E-state index in [0.29, 0.717) is 19.8 Å². The highest BCUT2D eigenvalue weighted by Crippen LogP contribution is 2.32. The third kappa shape index (κ3) is 3.37. The summed E-state index contributed by atoms with van der Waals surface area (Å²) in [5, 5.41) is 10.3. The van der Waals surface area contributed by atoms with E-state index in [1.54, 1.807) is 7.11 Å². The molecule has 21 heavy (non-hydrogen) atoms. The zero-order chi connectivity index (χ0) is 14.7. The number of likely N-dealkylation sites (tertiary alicyclic amines) is 1. The number of aliphatic hydroxyl groups excluding tert-OH is 1. The molecule has 1 unspecified atom stereocenters. The smallest absolute Gasteiger partial charge is 0.170 e. The molecule has 0 saturated carbocycles. The van der Waals surface area contributed by atoms with Crippen LogP contribution in [0.15, 0.2) is 24.3 Å². The van der Waals surface area contributed by atoms with E-state index in [-0.39, 0.29) is 5.79 Å². The molecule has 1 aromatic rings.